The van der Waals surface area contributed by atoms with E-state index in [0.717, 1.165) is 0 Å². The van der Waals surface area contributed by atoms with E-state index in [1.54, 1.807) is 0 Å². The van der Waals surface area contributed by atoms with Gasteiger partial charge < -0.3 is 10.4 Å². The van der Waals surface area contributed by atoms with Crippen LogP contribution >= 0.6 is 0 Å². The van der Waals surface area contributed by atoms with Gasteiger partial charge in [-0.2, -0.15) is 0 Å². The fourth-order valence-electron chi connectivity index (χ4n) is 0.503. The summed E-state index contributed by atoms with van der Waals surface area (Å²) in [6.45, 7) is 1.52. The van der Waals surface area contributed by atoms with Crippen molar-refractivity contribution >= 4 is 11.9 Å². The van der Waals surface area contributed by atoms with Crippen LogP contribution in [-0.2, 0) is 0 Å². The van der Waals surface area contributed by atoms with Crippen LogP contribution in [0.15, 0.2) is 4.99 Å². The molecule has 0 saturated carbocycles. The van der Waals surface area contributed by atoms with Crippen LogP contribution in [0.1, 0.15) is 6.92 Å². The highest BCUT2D eigenvalue weighted by molar-refractivity contribution is 5.98. The summed E-state index contributed by atoms with van der Waals surface area (Å²) in [6, 6.07) is 0. The highest BCUT2D eigenvalue weighted by Crippen LogP contribution is 2.03. The zero-order valence-electron chi connectivity index (χ0n) is 5.94. The average Bonchev–Trinajstić information content (AvgIpc) is 1.87. The van der Waals surface area contributed by atoms with Gasteiger partial charge >= 0.3 is 0 Å². The Hall–Kier alpha value is -0.800. The molecule has 1 N–H and O–H groups in total. The van der Waals surface area contributed by atoms with Crippen LogP contribution < -0.4 is 0 Å². The average molecular weight is 148 g/mol. The number of nitrogens with zero attached hydrogens (tertiary/aromatic N) is 1. The number of hydrogen-bond donors (Lipinski definition) is 1. The van der Waals surface area contributed by atoms with E-state index in [1.807, 2.05) is 0 Å². The number of rotatable bonds is 3. The minimum absolute atomic E-state index is 0.551. The predicted octanol–water partition coefficient (Wildman–Crippen LogP) is 1.61. The molecule has 0 spiro atoms. The molecule has 0 aromatic rings. The van der Waals surface area contributed by atoms with Crippen molar-refractivity contribution in [1.29, 1.82) is 5.41 Å². The number of nitrogens with one attached hydrogen (secondary N) is 1. The predicted molar refractivity (Wildman–Crippen MR) is 37.3 cm³/mol. The Morgan fingerprint density at radius 2 is 2.10 bits per heavy atom. The molecule has 0 bridgehead atoms. The van der Waals surface area contributed by atoms with Crippen LogP contribution in [0.5, 0.6) is 0 Å². The summed E-state index contributed by atoms with van der Waals surface area (Å²) in [5.41, 5.74) is -0.578. The number of aliphatic imine (C=N–C) groups is 1. The van der Waals surface area contributed by atoms with Gasteiger partial charge in [0.15, 0.2) is 0 Å². The maximum absolute atomic E-state index is 11.7. The van der Waals surface area contributed by atoms with Crippen molar-refractivity contribution in [3.05, 3.63) is 0 Å². The Kier molecular flexibility index (Phi) is 3.76. The van der Waals surface area contributed by atoms with Crippen LogP contribution in [-0.4, -0.2) is 25.4 Å². The second kappa shape index (κ2) is 4.09. The van der Waals surface area contributed by atoms with Crippen molar-refractivity contribution in [2.45, 2.75) is 13.3 Å². The zero-order chi connectivity index (χ0) is 8.15. The largest absolute Gasteiger partial charge is 0.303 e. The topological polar surface area (TPSA) is 36.2 Å². The molecular formula is C6H10F2N2. The van der Waals surface area contributed by atoms with E-state index in [-0.39, 0.29) is 0 Å². The van der Waals surface area contributed by atoms with Gasteiger partial charge in [-0.05, 0) is 0 Å². The third-order valence-corrected chi connectivity index (χ3v) is 1.10. The van der Waals surface area contributed by atoms with Crippen molar-refractivity contribution in [2.75, 3.05) is 7.05 Å². The molecule has 0 aliphatic carbocycles. The van der Waals surface area contributed by atoms with Crippen LogP contribution in [0.2, 0.25) is 0 Å². The number of hydrogen-bond acceptors (Lipinski definition) is 2. The smallest absolute Gasteiger partial charge is 0.276 e. The Balaban J connectivity index is 3.95. The van der Waals surface area contributed by atoms with E-state index in [0.29, 0.717) is 0 Å². The molecule has 1 atom stereocenters. The molecule has 0 radical (unpaired) electrons. The maximum atomic E-state index is 11.7. The highest BCUT2D eigenvalue weighted by Gasteiger charge is 2.15. The lowest BCUT2D eigenvalue weighted by Crippen LogP contribution is -2.19. The summed E-state index contributed by atoms with van der Waals surface area (Å²) in [4.78, 5) is 3.54. The molecule has 0 aliphatic rings. The fourth-order valence-corrected chi connectivity index (χ4v) is 0.503. The van der Waals surface area contributed by atoms with E-state index in [2.05, 4.69) is 4.99 Å². The summed E-state index contributed by atoms with van der Waals surface area (Å²) >= 11 is 0. The molecule has 1 unspecified atom stereocenters. The van der Waals surface area contributed by atoms with Gasteiger partial charge in [0.2, 0.25) is 0 Å². The molecule has 0 amide bonds. The monoisotopic (exact) mass is 148 g/mol. The quantitative estimate of drug-likeness (QED) is 0.590. The first-order chi connectivity index (χ1) is 4.59. The normalized spacial score (nSPS) is 14.5. The summed E-state index contributed by atoms with van der Waals surface area (Å²) in [7, 11) is 1.50. The first kappa shape index (κ1) is 9.20. The lowest BCUT2D eigenvalue weighted by molar-refractivity contribution is 0.220. The third kappa shape index (κ3) is 2.66. The van der Waals surface area contributed by atoms with E-state index in [4.69, 9.17) is 5.41 Å². The summed E-state index contributed by atoms with van der Waals surface area (Å²) in [6.07, 6.45) is -1.33. The molecule has 2 nitrogen and oxygen atoms in total. The standard InChI is InChI=1S/C6H10F2N2/c1-4(3-10-2)5(9)6(7)8/h3-4,6,9H,1-2H3. The molecule has 0 aromatic carbocycles. The van der Waals surface area contributed by atoms with Gasteiger partial charge in [0, 0.05) is 19.2 Å². The van der Waals surface area contributed by atoms with Crippen LogP contribution in [0.25, 0.3) is 0 Å². The lowest BCUT2D eigenvalue weighted by atomic mass is 10.1. The van der Waals surface area contributed by atoms with E-state index in [9.17, 15) is 8.78 Å². The van der Waals surface area contributed by atoms with Crippen molar-refractivity contribution in [3.8, 4) is 0 Å². The molecule has 0 aromatic heterocycles. The maximum Gasteiger partial charge on any atom is 0.276 e. The highest BCUT2D eigenvalue weighted by atomic mass is 19.3. The molecule has 0 heterocycles. The van der Waals surface area contributed by atoms with Gasteiger partial charge in [-0.15, -0.1) is 0 Å². The minimum Gasteiger partial charge on any atom is -0.303 e. The van der Waals surface area contributed by atoms with Gasteiger partial charge in [0.1, 0.15) is 0 Å². The van der Waals surface area contributed by atoms with E-state index >= 15 is 0 Å². The van der Waals surface area contributed by atoms with Crippen LogP contribution in [0.4, 0.5) is 8.78 Å². The zero-order valence-corrected chi connectivity index (χ0v) is 5.94. The second-order valence-corrected chi connectivity index (χ2v) is 1.95. The lowest BCUT2D eigenvalue weighted by Gasteiger charge is -2.04. The fraction of sp³-hybridized carbons (Fsp3) is 0.667. The SMILES string of the molecule is CN=CC(C)C(=N)C(F)F. The molecule has 4 heteroatoms. The number of halogens is 2. The number of alkyl halides is 2. The van der Waals surface area contributed by atoms with Crippen molar-refractivity contribution < 1.29 is 8.78 Å². The summed E-state index contributed by atoms with van der Waals surface area (Å²) in [5.74, 6) is -0.551. The summed E-state index contributed by atoms with van der Waals surface area (Å²) in [5, 5.41) is 6.81. The molecular weight excluding hydrogens is 138 g/mol. The molecule has 0 rings (SSSR count). The Bertz CT molecular complexity index is 143. The van der Waals surface area contributed by atoms with E-state index < -0.39 is 18.1 Å². The van der Waals surface area contributed by atoms with Gasteiger partial charge in [-0.25, -0.2) is 8.78 Å². The van der Waals surface area contributed by atoms with Gasteiger partial charge in [0.25, 0.3) is 6.43 Å². The van der Waals surface area contributed by atoms with Gasteiger partial charge in [-0.3, -0.25) is 0 Å². The Morgan fingerprint density at radius 3 is 2.40 bits per heavy atom. The molecule has 10 heavy (non-hydrogen) atoms. The molecule has 0 fully saturated rings. The van der Waals surface area contributed by atoms with Crippen molar-refractivity contribution in [3.63, 3.8) is 0 Å². The second-order valence-electron chi connectivity index (χ2n) is 1.95. The van der Waals surface area contributed by atoms with Gasteiger partial charge in [-0.1, -0.05) is 6.92 Å². The minimum atomic E-state index is -2.66. The molecule has 0 saturated heterocycles. The molecule has 58 valence electrons. The molecule has 0 aliphatic heterocycles. The third-order valence-electron chi connectivity index (χ3n) is 1.10. The first-order valence-corrected chi connectivity index (χ1v) is 2.88. The van der Waals surface area contributed by atoms with Crippen LogP contribution in [0, 0.1) is 11.3 Å². The van der Waals surface area contributed by atoms with E-state index in [1.165, 1.54) is 20.2 Å². The van der Waals surface area contributed by atoms with Crippen LogP contribution in [0.3, 0.4) is 0 Å². The Labute approximate surface area is 58.5 Å². The summed E-state index contributed by atoms with van der Waals surface area (Å²) < 4.78 is 23.4. The van der Waals surface area contributed by atoms with Gasteiger partial charge in [0.05, 0.1) is 5.71 Å². The van der Waals surface area contributed by atoms with Crippen molar-refractivity contribution in [2.24, 2.45) is 10.9 Å². The first-order valence-electron chi connectivity index (χ1n) is 2.88. The Morgan fingerprint density at radius 1 is 1.60 bits per heavy atom. The van der Waals surface area contributed by atoms with Crippen molar-refractivity contribution in [1.82, 2.24) is 0 Å².